The number of nitrogens with two attached hydrogens (primary N) is 1. The number of methoxy groups -OCH3 is 1. The molecule has 3 N–H and O–H groups in total. The van der Waals surface area contributed by atoms with Crippen LogP contribution in [-0.4, -0.2) is 25.5 Å². The van der Waals surface area contributed by atoms with Gasteiger partial charge in [0.15, 0.2) is 0 Å². The first-order chi connectivity index (χ1) is 12.9. The number of ether oxygens (including phenoxy) is 1. The summed E-state index contributed by atoms with van der Waals surface area (Å²) in [6.45, 7) is 4.01. The lowest BCUT2D eigenvalue weighted by molar-refractivity contribution is -0.145. The van der Waals surface area contributed by atoms with E-state index in [2.05, 4.69) is 5.32 Å². The molecule has 5 heteroatoms. The van der Waals surface area contributed by atoms with Gasteiger partial charge >= 0.3 is 5.97 Å². The zero-order chi connectivity index (χ0) is 19.8. The van der Waals surface area contributed by atoms with Crippen molar-refractivity contribution in [3.8, 4) is 0 Å². The average molecular weight is 368 g/mol. The molecule has 0 aliphatic carbocycles. The summed E-state index contributed by atoms with van der Waals surface area (Å²) >= 11 is 0. The number of hydrogen-bond donors (Lipinski definition) is 2. The molecule has 0 bridgehead atoms. The Balaban J connectivity index is 1.99. The van der Waals surface area contributed by atoms with E-state index in [1.54, 1.807) is 6.92 Å². The van der Waals surface area contributed by atoms with Crippen molar-refractivity contribution in [3.63, 3.8) is 0 Å². The third-order valence-corrected chi connectivity index (χ3v) is 4.76. The number of benzene rings is 2. The highest BCUT2D eigenvalue weighted by Gasteiger charge is 2.25. The summed E-state index contributed by atoms with van der Waals surface area (Å²) in [6, 6.07) is 17.1. The SMILES string of the molecule is COC(=O)C(CNC(=O)C(C)C(N)c1ccccc1)Cc1cccc(C)c1. The van der Waals surface area contributed by atoms with Crippen LogP contribution in [0.4, 0.5) is 0 Å². The Hall–Kier alpha value is -2.66. The third-order valence-electron chi connectivity index (χ3n) is 4.76. The molecule has 0 spiro atoms. The first kappa shape index (κ1) is 20.6. The second kappa shape index (κ2) is 9.88. The maximum absolute atomic E-state index is 12.5. The van der Waals surface area contributed by atoms with E-state index in [1.807, 2.05) is 61.5 Å². The number of rotatable bonds is 8. The highest BCUT2D eigenvalue weighted by molar-refractivity contribution is 5.80. The van der Waals surface area contributed by atoms with Crippen LogP contribution in [0.2, 0.25) is 0 Å². The quantitative estimate of drug-likeness (QED) is 0.702. The molecule has 0 fully saturated rings. The Labute approximate surface area is 160 Å². The summed E-state index contributed by atoms with van der Waals surface area (Å²) in [6.07, 6.45) is 0.508. The molecule has 2 aromatic carbocycles. The number of esters is 1. The van der Waals surface area contributed by atoms with Crippen molar-refractivity contribution in [2.45, 2.75) is 26.3 Å². The van der Waals surface area contributed by atoms with Crippen molar-refractivity contribution in [2.24, 2.45) is 17.6 Å². The van der Waals surface area contributed by atoms with E-state index in [0.29, 0.717) is 6.42 Å². The first-order valence-electron chi connectivity index (χ1n) is 9.14. The van der Waals surface area contributed by atoms with Crippen LogP contribution in [-0.2, 0) is 20.7 Å². The Morgan fingerprint density at radius 3 is 2.44 bits per heavy atom. The van der Waals surface area contributed by atoms with Gasteiger partial charge in [-0.3, -0.25) is 9.59 Å². The second-order valence-electron chi connectivity index (χ2n) is 6.88. The predicted octanol–water partition coefficient (Wildman–Crippen LogP) is 2.78. The largest absolute Gasteiger partial charge is 0.469 e. The van der Waals surface area contributed by atoms with Crippen molar-refractivity contribution < 1.29 is 14.3 Å². The minimum atomic E-state index is -0.444. The molecule has 0 radical (unpaired) electrons. The molecule has 5 nitrogen and oxygen atoms in total. The lowest BCUT2D eigenvalue weighted by Gasteiger charge is -2.21. The lowest BCUT2D eigenvalue weighted by atomic mass is 9.94. The summed E-state index contributed by atoms with van der Waals surface area (Å²) in [5.74, 6) is -1.37. The van der Waals surface area contributed by atoms with Crippen molar-refractivity contribution in [1.29, 1.82) is 0 Å². The Morgan fingerprint density at radius 2 is 1.81 bits per heavy atom. The van der Waals surface area contributed by atoms with Gasteiger partial charge < -0.3 is 15.8 Å². The van der Waals surface area contributed by atoms with E-state index in [1.165, 1.54) is 7.11 Å². The van der Waals surface area contributed by atoms with Crippen LogP contribution in [0.25, 0.3) is 0 Å². The van der Waals surface area contributed by atoms with Crippen molar-refractivity contribution in [3.05, 3.63) is 71.3 Å². The Bertz CT molecular complexity index is 761. The molecule has 2 rings (SSSR count). The Morgan fingerprint density at radius 1 is 1.11 bits per heavy atom. The van der Waals surface area contributed by atoms with Crippen LogP contribution < -0.4 is 11.1 Å². The smallest absolute Gasteiger partial charge is 0.310 e. The minimum absolute atomic E-state index is 0.176. The molecule has 0 aliphatic rings. The van der Waals surface area contributed by atoms with E-state index in [0.717, 1.165) is 16.7 Å². The first-order valence-corrected chi connectivity index (χ1v) is 9.14. The van der Waals surface area contributed by atoms with Gasteiger partial charge in [-0.25, -0.2) is 0 Å². The zero-order valence-corrected chi connectivity index (χ0v) is 16.1. The highest BCUT2D eigenvalue weighted by atomic mass is 16.5. The fraction of sp³-hybridized carbons (Fsp3) is 0.364. The molecule has 0 aromatic heterocycles. The summed E-state index contributed by atoms with van der Waals surface area (Å²) in [5, 5.41) is 2.86. The fourth-order valence-electron chi connectivity index (χ4n) is 3.04. The van der Waals surface area contributed by atoms with Crippen LogP contribution in [0.3, 0.4) is 0 Å². The van der Waals surface area contributed by atoms with Gasteiger partial charge in [0.25, 0.3) is 0 Å². The summed E-state index contributed by atoms with van der Waals surface area (Å²) in [7, 11) is 1.36. The number of carbonyl (C=O) groups is 2. The highest BCUT2D eigenvalue weighted by Crippen LogP contribution is 2.19. The van der Waals surface area contributed by atoms with Gasteiger partial charge in [-0.2, -0.15) is 0 Å². The lowest BCUT2D eigenvalue weighted by Crippen LogP contribution is -2.40. The van der Waals surface area contributed by atoms with Crippen LogP contribution in [0.1, 0.15) is 29.7 Å². The van der Waals surface area contributed by atoms with E-state index < -0.39 is 17.9 Å². The molecular formula is C22H28N2O3. The summed E-state index contributed by atoms with van der Waals surface area (Å²) in [5.41, 5.74) is 9.29. The van der Waals surface area contributed by atoms with E-state index in [-0.39, 0.29) is 18.4 Å². The van der Waals surface area contributed by atoms with Gasteiger partial charge in [0.1, 0.15) is 0 Å². The molecule has 1 amide bonds. The van der Waals surface area contributed by atoms with E-state index in [9.17, 15) is 9.59 Å². The molecule has 27 heavy (non-hydrogen) atoms. The van der Waals surface area contributed by atoms with Crippen LogP contribution in [0.15, 0.2) is 54.6 Å². The van der Waals surface area contributed by atoms with Gasteiger partial charge in [0.05, 0.1) is 18.9 Å². The topological polar surface area (TPSA) is 81.4 Å². The van der Waals surface area contributed by atoms with Gasteiger partial charge in [-0.15, -0.1) is 0 Å². The number of hydrogen-bond acceptors (Lipinski definition) is 4. The van der Waals surface area contributed by atoms with Gasteiger partial charge in [-0.1, -0.05) is 67.1 Å². The third kappa shape index (κ3) is 5.93. The zero-order valence-electron chi connectivity index (χ0n) is 16.1. The predicted molar refractivity (Wildman–Crippen MR) is 106 cm³/mol. The molecule has 0 saturated carbocycles. The molecule has 144 valence electrons. The molecule has 2 aromatic rings. The summed E-state index contributed by atoms with van der Waals surface area (Å²) < 4.78 is 4.91. The molecule has 0 saturated heterocycles. The van der Waals surface area contributed by atoms with Crippen LogP contribution >= 0.6 is 0 Å². The maximum Gasteiger partial charge on any atom is 0.310 e. The number of nitrogens with one attached hydrogen (secondary N) is 1. The van der Waals surface area contributed by atoms with Crippen molar-refractivity contribution in [1.82, 2.24) is 5.32 Å². The normalized spacial score (nSPS) is 14.1. The van der Waals surface area contributed by atoms with Crippen LogP contribution in [0, 0.1) is 18.8 Å². The molecule has 3 unspecified atom stereocenters. The fourth-order valence-corrected chi connectivity index (χ4v) is 3.04. The van der Waals surface area contributed by atoms with Gasteiger partial charge in [0.2, 0.25) is 5.91 Å². The standard InChI is InChI=1S/C22H28N2O3/c1-15-8-7-9-17(12-15)13-19(22(26)27-3)14-24-21(25)16(2)20(23)18-10-5-4-6-11-18/h4-12,16,19-20H,13-14,23H2,1-3H3,(H,24,25). The molecule has 3 atom stereocenters. The van der Waals surface area contributed by atoms with Crippen LogP contribution in [0.5, 0.6) is 0 Å². The Kier molecular flexibility index (Phi) is 7.55. The van der Waals surface area contributed by atoms with Crippen molar-refractivity contribution in [2.75, 3.05) is 13.7 Å². The molecule has 0 heterocycles. The molecular weight excluding hydrogens is 340 g/mol. The molecule has 0 aliphatic heterocycles. The van der Waals surface area contributed by atoms with Gasteiger partial charge in [0, 0.05) is 12.6 Å². The minimum Gasteiger partial charge on any atom is -0.469 e. The van der Waals surface area contributed by atoms with E-state index in [4.69, 9.17) is 10.5 Å². The average Bonchev–Trinajstić information content (AvgIpc) is 2.69. The number of aryl methyl sites for hydroxylation is 1. The van der Waals surface area contributed by atoms with E-state index >= 15 is 0 Å². The second-order valence-corrected chi connectivity index (χ2v) is 6.88. The maximum atomic E-state index is 12.5. The number of amides is 1. The van der Waals surface area contributed by atoms with Gasteiger partial charge in [-0.05, 0) is 24.5 Å². The monoisotopic (exact) mass is 368 g/mol. The summed E-state index contributed by atoms with van der Waals surface area (Å²) in [4.78, 5) is 24.7. The van der Waals surface area contributed by atoms with Crippen molar-refractivity contribution >= 4 is 11.9 Å². The number of carbonyl (C=O) groups excluding carboxylic acids is 2.